The first kappa shape index (κ1) is 18.7. The van der Waals surface area contributed by atoms with Gasteiger partial charge in [0.05, 0.1) is 10.6 Å². The second-order valence-electron chi connectivity index (χ2n) is 4.72. The molecular weight excluding hydrogens is 401 g/mol. The predicted octanol–water partition coefficient (Wildman–Crippen LogP) is 4.34. The van der Waals surface area contributed by atoms with Gasteiger partial charge in [0.15, 0.2) is 0 Å². The zero-order chi connectivity index (χ0) is 16.2. The van der Waals surface area contributed by atoms with Crippen LogP contribution in [-0.2, 0) is 9.05 Å². The van der Waals surface area contributed by atoms with E-state index in [9.17, 15) is 13.2 Å². The summed E-state index contributed by atoms with van der Waals surface area (Å²) in [4.78, 5) is 11.9. The Morgan fingerprint density at radius 1 is 1.43 bits per heavy atom. The van der Waals surface area contributed by atoms with E-state index in [-0.39, 0.29) is 21.5 Å². The summed E-state index contributed by atoms with van der Waals surface area (Å²) in [5.74, 6) is -0.425. The van der Waals surface area contributed by atoms with Gasteiger partial charge >= 0.3 is 0 Å². The Kier molecular flexibility index (Phi) is 6.97. The Balaban J connectivity index is 3.08. The average Bonchev–Trinajstić information content (AvgIpc) is 2.37. The van der Waals surface area contributed by atoms with Crippen molar-refractivity contribution in [3.63, 3.8) is 0 Å². The largest absolute Gasteiger partial charge is 0.350 e. The first-order valence-electron chi connectivity index (χ1n) is 6.41. The van der Waals surface area contributed by atoms with E-state index in [2.05, 4.69) is 28.2 Å². The van der Waals surface area contributed by atoms with E-state index in [0.29, 0.717) is 4.47 Å². The van der Waals surface area contributed by atoms with Crippen LogP contribution in [0.2, 0.25) is 5.02 Å². The van der Waals surface area contributed by atoms with Crippen molar-refractivity contribution in [3.8, 4) is 0 Å². The van der Waals surface area contributed by atoms with Gasteiger partial charge in [-0.2, -0.15) is 0 Å². The molecule has 0 aliphatic carbocycles. The fourth-order valence-corrected chi connectivity index (χ4v) is 3.98. The minimum Gasteiger partial charge on any atom is -0.350 e. The Morgan fingerprint density at radius 2 is 2.05 bits per heavy atom. The normalized spacial score (nSPS) is 13.0. The fraction of sp³-hybridized carbons (Fsp3) is 0.462. The number of rotatable bonds is 6. The summed E-state index contributed by atoms with van der Waals surface area (Å²) in [5.41, 5.74) is 0.0774. The molecule has 0 aromatic heterocycles. The maximum Gasteiger partial charge on any atom is 0.262 e. The smallest absolute Gasteiger partial charge is 0.262 e. The number of unbranched alkanes of at least 4 members (excludes halogenated alkanes) is 1. The predicted molar refractivity (Wildman–Crippen MR) is 88.6 cm³/mol. The molecule has 1 amide bonds. The highest BCUT2D eigenvalue weighted by atomic mass is 79.9. The first-order chi connectivity index (χ1) is 9.66. The minimum atomic E-state index is -4.02. The number of benzene rings is 1. The summed E-state index contributed by atoms with van der Waals surface area (Å²) in [6.07, 6.45) is 2.87. The monoisotopic (exact) mass is 415 g/mol. The topological polar surface area (TPSA) is 63.2 Å². The second kappa shape index (κ2) is 7.81. The molecule has 0 saturated carbocycles. The average molecular weight is 417 g/mol. The highest BCUT2D eigenvalue weighted by Gasteiger charge is 2.22. The lowest BCUT2D eigenvalue weighted by Gasteiger charge is -2.15. The quantitative estimate of drug-likeness (QED) is 0.701. The van der Waals surface area contributed by atoms with Gasteiger partial charge in [0.25, 0.3) is 15.0 Å². The molecule has 0 radical (unpaired) electrons. The van der Waals surface area contributed by atoms with Crippen molar-refractivity contribution in [1.82, 2.24) is 5.32 Å². The van der Waals surface area contributed by atoms with Crippen molar-refractivity contribution in [2.24, 2.45) is 0 Å². The standard InChI is InChI=1S/C13H16BrCl2NO3S/c1-3-4-5-8(2)17-13(18)10-6-9(14)7-11(12(10)15)21(16,19)20/h6-8H,3-5H2,1-2H3,(H,17,18). The molecule has 0 bridgehead atoms. The lowest BCUT2D eigenvalue weighted by molar-refractivity contribution is 0.0938. The van der Waals surface area contributed by atoms with E-state index in [1.807, 2.05) is 6.92 Å². The van der Waals surface area contributed by atoms with E-state index in [0.717, 1.165) is 19.3 Å². The van der Waals surface area contributed by atoms with Crippen LogP contribution in [0.3, 0.4) is 0 Å². The zero-order valence-corrected chi connectivity index (χ0v) is 15.5. The van der Waals surface area contributed by atoms with Crippen LogP contribution in [0.15, 0.2) is 21.5 Å². The Bertz CT molecular complexity index is 635. The molecule has 118 valence electrons. The summed E-state index contributed by atoms with van der Waals surface area (Å²) in [5, 5.41) is 2.62. The lowest BCUT2D eigenvalue weighted by Crippen LogP contribution is -2.32. The summed E-state index contributed by atoms with van der Waals surface area (Å²) < 4.78 is 23.4. The number of nitrogens with one attached hydrogen (secondary N) is 1. The van der Waals surface area contributed by atoms with Crippen molar-refractivity contribution in [1.29, 1.82) is 0 Å². The van der Waals surface area contributed by atoms with Gasteiger partial charge in [-0.1, -0.05) is 47.3 Å². The van der Waals surface area contributed by atoms with Gasteiger partial charge in [0.2, 0.25) is 0 Å². The minimum absolute atomic E-state index is 0.0245. The van der Waals surface area contributed by atoms with Gasteiger partial charge in [0, 0.05) is 21.2 Å². The van der Waals surface area contributed by atoms with E-state index in [4.69, 9.17) is 22.3 Å². The van der Waals surface area contributed by atoms with Crippen molar-refractivity contribution >= 4 is 53.2 Å². The highest BCUT2D eigenvalue weighted by molar-refractivity contribution is 9.10. The third kappa shape index (κ3) is 5.43. The Hall–Kier alpha value is -0.300. The molecule has 1 rings (SSSR count). The SMILES string of the molecule is CCCCC(C)NC(=O)c1cc(Br)cc(S(=O)(=O)Cl)c1Cl. The molecule has 0 saturated heterocycles. The van der Waals surface area contributed by atoms with Crippen molar-refractivity contribution in [2.45, 2.75) is 44.0 Å². The molecule has 1 N–H and O–H groups in total. The molecule has 21 heavy (non-hydrogen) atoms. The van der Waals surface area contributed by atoms with E-state index in [1.54, 1.807) is 0 Å². The van der Waals surface area contributed by atoms with Crippen LogP contribution < -0.4 is 5.32 Å². The molecule has 0 spiro atoms. The number of hydrogen-bond acceptors (Lipinski definition) is 3. The van der Waals surface area contributed by atoms with Crippen LogP contribution >= 0.6 is 38.2 Å². The molecule has 1 atom stereocenters. The van der Waals surface area contributed by atoms with Crippen molar-refractivity contribution in [3.05, 3.63) is 27.2 Å². The fourth-order valence-electron chi connectivity index (χ4n) is 1.79. The second-order valence-corrected chi connectivity index (χ2v) is 8.55. The molecule has 1 aromatic rings. The number of halogens is 3. The number of carbonyl (C=O) groups excluding carboxylic acids is 1. The van der Waals surface area contributed by atoms with Crippen LogP contribution in [0.25, 0.3) is 0 Å². The zero-order valence-electron chi connectivity index (χ0n) is 11.6. The van der Waals surface area contributed by atoms with Crippen LogP contribution in [0.1, 0.15) is 43.5 Å². The molecule has 0 aliphatic heterocycles. The summed E-state index contributed by atoms with van der Waals surface area (Å²) in [6, 6.07) is 2.71. The maximum absolute atomic E-state index is 12.2. The Morgan fingerprint density at radius 3 is 2.57 bits per heavy atom. The van der Waals surface area contributed by atoms with Gasteiger partial charge in [-0.3, -0.25) is 4.79 Å². The molecule has 4 nitrogen and oxygen atoms in total. The van der Waals surface area contributed by atoms with Crippen LogP contribution in [0.5, 0.6) is 0 Å². The lowest BCUT2D eigenvalue weighted by atomic mass is 10.1. The van der Waals surface area contributed by atoms with Gasteiger partial charge in [-0.15, -0.1) is 0 Å². The van der Waals surface area contributed by atoms with Crippen molar-refractivity contribution < 1.29 is 13.2 Å². The van der Waals surface area contributed by atoms with Gasteiger partial charge < -0.3 is 5.32 Å². The van der Waals surface area contributed by atoms with Crippen LogP contribution in [-0.4, -0.2) is 20.4 Å². The molecule has 1 unspecified atom stereocenters. The first-order valence-corrected chi connectivity index (χ1v) is 9.89. The molecule has 1 aromatic carbocycles. The van der Waals surface area contributed by atoms with E-state index < -0.39 is 15.0 Å². The van der Waals surface area contributed by atoms with Gasteiger partial charge in [0.1, 0.15) is 4.90 Å². The summed E-state index contributed by atoms with van der Waals surface area (Å²) >= 11 is 9.16. The molecule has 0 heterocycles. The van der Waals surface area contributed by atoms with E-state index in [1.165, 1.54) is 12.1 Å². The van der Waals surface area contributed by atoms with Crippen LogP contribution in [0.4, 0.5) is 0 Å². The summed E-state index contributed by atoms with van der Waals surface area (Å²) in [7, 11) is 1.30. The maximum atomic E-state index is 12.2. The summed E-state index contributed by atoms with van der Waals surface area (Å²) in [6.45, 7) is 3.95. The number of amides is 1. The third-order valence-corrected chi connectivity index (χ3v) is 5.20. The van der Waals surface area contributed by atoms with Gasteiger partial charge in [-0.25, -0.2) is 8.42 Å². The van der Waals surface area contributed by atoms with E-state index >= 15 is 0 Å². The molecule has 0 fully saturated rings. The third-order valence-electron chi connectivity index (χ3n) is 2.88. The van der Waals surface area contributed by atoms with Gasteiger partial charge in [-0.05, 0) is 25.5 Å². The molecule has 0 aliphatic rings. The van der Waals surface area contributed by atoms with Crippen LogP contribution in [0, 0.1) is 0 Å². The highest BCUT2D eigenvalue weighted by Crippen LogP contribution is 2.31. The van der Waals surface area contributed by atoms with Crippen molar-refractivity contribution in [2.75, 3.05) is 0 Å². The number of carbonyl (C=O) groups is 1. The Labute approximate surface area is 142 Å². The molecular formula is C13H16BrCl2NO3S. The molecule has 8 heteroatoms. The number of hydrogen-bond donors (Lipinski definition) is 1.